The third kappa shape index (κ3) is 4.84. The molecule has 0 spiro atoms. The standard InChI is InChI=1S/C23H26BrN3O3/c1-15-22(16(2)27(26-15)14-17-8-6-5-7-9-17)23(28)25-11-10-18-12-20(29-3)21(30-4)13-19(18)24/h5-9,12-13H,10-11,14H2,1-4H3,(H,25,28). The van der Waals surface area contributed by atoms with E-state index in [2.05, 4.69) is 38.5 Å². The van der Waals surface area contributed by atoms with E-state index in [-0.39, 0.29) is 5.91 Å². The number of benzene rings is 2. The molecule has 6 nitrogen and oxygen atoms in total. The molecule has 0 fully saturated rings. The molecule has 0 aliphatic heterocycles. The molecule has 0 aliphatic carbocycles. The Balaban J connectivity index is 1.67. The van der Waals surface area contributed by atoms with Crippen LogP contribution in [0.3, 0.4) is 0 Å². The number of carbonyl (C=O) groups excluding carboxylic acids is 1. The molecule has 0 atom stereocenters. The highest BCUT2D eigenvalue weighted by molar-refractivity contribution is 9.10. The maximum Gasteiger partial charge on any atom is 0.255 e. The van der Waals surface area contributed by atoms with Crippen LogP contribution in [0.15, 0.2) is 46.9 Å². The van der Waals surface area contributed by atoms with Crippen molar-refractivity contribution in [2.24, 2.45) is 0 Å². The Hall–Kier alpha value is -2.80. The fraction of sp³-hybridized carbons (Fsp3) is 0.304. The van der Waals surface area contributed by atoms with E-state index in [1.807, 2.05) is 48.9 Å². The van der Waals surface area contributed by atoms with Gasteiger partial charge in [0.1, 0.15) is 0 Å². The van der Waals surface area contributed by atoms with Gasteiger partial charge in [0.25, 0.3) is 5.91 Å². The van der Waals surface area contributed by atoms with Gasteiger partial charge in [0.2, 0.25) is 0 Å². The monoisotopic (exact) mass is 471 g/mol. The summed E-state index contributed by atoms with van der Waals surface area (Å²) in [4.78, 5) is 12.8. The van der Waals surface area contributed by atoms with Crippen LogP contribution in [-0.4, -0.2) is 36.5 Å². The van der Waals surface area contributed by atoms with Crippen molar-refractivity contribution in [1.29, 1.82) is 0 Å². The minimum absolute atomic E-state index is 0.110. The van der Waals surface area contributed by atoms with Crippen LogP contribution < -0.4 is 14.8 Å². The second-order valence-corrected chi connectivity index (χ2v) is 7.85. The predicted octanol–water partition coefficient (Wildman–Crippen LogP) is 4.30. The number of hydrogen-bond donors (Lipinski definition) is 1. The van der Waals surface area contributed by atoms with Crippen molar-refractivity contribution in [2.45, 2.75) is 26.8 Å². The maximum atomic E-state index is 12.8. The second-order valence-electron chi connectivity index (χ2n) is 6.99. The Morgan fingerprint density at radius 2 is 1.77 bits per heavy atom. The highest BCUT2D eigenvalue weighted by Gasteiger charge is 2.19. The SMILES string of the molecule is COc1cc(Br)c(CCNC(=O)c2c(C)nn(Cc3ccccc3)c2C)cc1OC. The van der Waals surface area contributed by atoms with Gasteiger partial charge in [-0.25, -0.2) is 0 Å². The van der Waals surface area contributed by atoms with Gasteiger partial charge in [-0.05, 0) is 43.5 Å². The number of aromatic nitrogens is 2. The van der Waals surface area contributed by atoms with Gasteiger partial charge in [-0.15, -0.1) is 0 Å². The molecule has 0 saturated heterocycles. The van der Waals surface area contributed by atoms with Crippen LogP contribution in [0.4, 0.5) is 0 Å². The number of hydrogen-bond acceptors (Lipinski definition) is 4. The summed E-state index contributed by atoms with van der Waals surface area (Å²) in [5, 5.41) is 7.58. The van der Waals surface area contributed by atoms with Gasteiger partial charge >= 0.3 is 0 Å². The number of amides is 1. The Morgan fingerprint density at radius 1 is 1.10 bits per heavy atom. The molecule has 158 valence electrons. The zero-order valence-corrected chi connectivity index (χ0v) is 19.2. The van der Waals surface area contributed by atoms with Gasteiger partial charge in [-0.2, -0.15) is 5.10 Å². The summed E-state index contributed by atoms with van der Waals surface area (Å²) in [7, 11) is 3.21. The average molecular weight is 472 g/mol. The molecule has 0 aliphatic rings. The summed E-state index contributed by atoms with van der Waals surface area (Å²) in [6.07, 6.45) is 0.656. The summed E-state index contributed by atoms with van der Waals surface area (Å²) >= 11 is 3.56. The van der Waals surface area contributed by atoms with E-state index in [1.165, 1.54) is 0 Å². The molecular formula is C23H26BrN3O3. The third-order valence-corrected chi connectivity index (χ3v) is 5.75. The topological polar surface area (TPSA) is 65.4 Å². The molecule has 1 N–H and O–H groups in total. The van der Waals surface area contributed by atoms with Gasteiger partial charge in [-0.3, -0.25) is 9.48 Å². The first kappa shape index (κ1) is 21.9. The molecule has 0 radical (unpaired) electrons. The maximum absolute atomic E-state index is 12.8. The van der Waals surface area contributed by atoms with Crippen molar-refractivity contribution in [3.63, 3.8) is 0 Å². The average Bonchev–Trinajstić information content (AvgIpc) is 3.02. The molecular weight excluding hydrogens is 446 g/mol. The third-order valence-electron chi connectivity index (χ3n) is 5.02. The Morgan fingerprint density at radius 3 is 2.43 bits per heavy atom. The zero-order chi connectivity index (χ0) is 21.7. The number of carbonyl (C=O) groups is 1. The van der Waals surface area contributed by atoms with Crippen LogP contribution in [0.25, 0.3) is 0 Å². The number of rotatable bonds is 8. The summed E-state index contributed by atoms with van der Waals surface area (Å²) in [5.41, 5.74) is 4.40. The number of ether oxygens (including phenoxy) is 2. The molecule has 3 rings (SSSR count). The van der Waals surface area contributed by atoms with Crippen LogP contribution >= 0.6 is 15.9 Å². The fourth-order valence-electron chi connectivity index (χ4n) is 3.42. The van der Waals surface area contributed by atoms with Crippen molar-refractivity contribution in [3.05, 3.63) is 75.0 Å². The van der Waals surface area contributed by atoms with Crippen molar-refractivity contribution >= 4 is 21.8 Å². The quantitative estimate of drug-likeness (QED) is 0.531. The van der Waals surface area contributed by atoms with Gasteiger partial charge in [0.15, 0.2) is 11.5 Å². The zero-order valence-electron chi connectivity index (χ0n) is 17.7. The largest absolute Gasteiger partial charge is 0.493 e. The molecule has 7 heteroatoms. The van der Waals surface area contributed by atoms with Crippen molar-refractivity contribution in [2.75, 3.05) is 20.8 Å². The predicted molar refractivity (Wildman–Crippen MR) is 121 cm³/mol. The summed E-state index contributed by atoms with van der Waals surface area (Å²) in [5.74, 6) is 1.21. The molecule has 3 aromatic rings. The van der Waals surface area contributed by atoms with E-state index in [9.17, 15) is 4.79 Å². The van der Waals surface area contributed by atoms with E-state index in [0.29, 0.717) is 36.6 Å². The van der Waals surface area contributed by atoms with Gasteiger partial charge in [-0.1, -0.05) is 46.3 Å². The van der Waals surface area contributed by atoms with Crippen LogP contribution in [0.5, 0.6) is 11.5 Å². The number of aryl methyl sites for hydroxylation is 1. The molecule has 2 aromatic carbocycles. The molecule has 30 heavy (non-hydrogen) atoms. The number of nitrogens with one attached hydrogen (secondary N) is 1. The van der Waals surface area contributed by atoms with Crippen molar-refractivity contribution < 1.29 is 14.3 Å². The minimum atomic E-state index is -0.110. The second kappa shape index (κ2) is 9.80. The molecule has 0 bridgehead atoms. The molecule has 1 heterocycles. The minimum Gasteiger partial charge on any atom is -0.493 e. The van der Waals surface area contributed by atoms with Crippen molar-refractivity contribution in [1.82, 2.24) is 15.1 Å². The summed E-state index contributed by atoms with van der Waals surface area (Å²) < 4.78 is 13.5. The molecule has 1 amide bonds. The van der Waals surface area contributed by atoms with E-state index in [0.717, 1.165) is 27.0 Å². The Labute approximate surface area is 185 Å². The fourth-order valence-corrected chi connectivity index (χ4v) is 3.94. The molecule has 1 aromatic heterocycles. The van der Waals surface area contributed by atoms with Gasteiger partial charge < -0.3 is 14.8 Å². The van der Waals surface area contributed by atoms with Crippen LogP contribution in [0.2, 0.25) is 0 Å². The number of nitrogens with zero attached hydrogens (tertiary/aromatic N) is 2. The first-order valence-corrected chi connectivity index (χ1v) is 10.5. The van der Waals surface area contributed by atoms with E-state index < -0.39 is 0 Å². The highest BCUT2D eigenvalue weighted by Crippen LogP contribution is 2.33. The van der Waals surface area contributed by atoms with Crippen molar-refractivity contribution in [3.8, 4) is 11.5 Å². The lowest BCUT2D eigenvalue weighted by Gasteiger charge is -2.12. The van der Waals surface area contributed by atoms with Crippen LogP contribution in [0, 0.1) is 13.8 Å². The number of halogens is 1. The Bertz CT molecular complexity index is 1030. The van der Waals surface area contributed by atoms with Crippen LogP contribution in [0.1, 0.15) is 32.9 Å². The lowest BCUT2D eigenvalue weighted by molar-refractivity contribution is 0.0953. The van der Waals surface area contributed by atoms with Gasteiger partial charge in [0, 0.05) is 16.7 Å². The highest BCUT2D eigenvalue weighted by atomic mass is 79.9. The smallest absolute Gasteiger partial charge is 0.255 e. The van der Waals surface area contributed by atoms with Gasteiger partial charge in [0.05, 0.1) is 32.0 Å². The lowest BCUT2D eigenvalue weighted by Crippen LogP contribution is -2.27. The Kier molecular flexibility index (Phi) is 7.15. The first-order chi connectivity index (χ1) is 14.4. The van der Waals surface area contributed by atoms with E-state index in [4.69, 9.17) is 9.47 Å². The van der Waals surface area contributed by atoms with E-state index >= 15 is 0 Å². The molecule has 0 saturated carbocycles. The van der Waals surface area contributed by atoms with Crippen LogP contribution in [-0.2, 0) is 13.0 Å². The summed E-state index contributed by atoms with van der Waals surface area (Å²) in [6.45, 7) is 4.94. The normalized spacial score (nSPS) is 10.7. The summed E-state index contributed by atoms with van der Waals surface area (Å²) in [6, 6.07) is 13.9. The lowest BCUT2D eigenvalue weighted by atomic mass is 10.1. The molecule has 0 unspecified atom stereocenters. The first-order valence-electron chi connectivity index (χ1n) is 9.71. The number of methoxy groups -OCH3 is 2. The van der Waals surface area contributed by atoms with E-state index in [1.54, 1.807) is 14.2 Å².